The third-order valence-electron chi connectivity index (χ3n) is 2.18. The van der Waals surface area contributed by atoms with Crippen molar-refractivity contribution >= 4 is 5.91 Å². The maximum Gasteiger partial charge on any atom is 0.248 e. The van der Waals surface area contributed by atoms with E-state index in [0.717, 1.165) is 13.1 Å². The molecule has 2 N–H and O–H groups in total. The van der Waals surface area contributed by atoms with Crippen LogP contribution in [-0.2, 0) is 9.53 Å². The van der Waals surface area contributed by atoms with Crippen LogP contribution in [0.1, 0.15) is 13.8 Å². The molecule has 1 rings (SSSR count). The molecule has 0 radical (unpaired) electrons. The molecule has 0 atom stereocenters. The predicted octanol–water partition coefficient (Wildman–Crippen LogP) is -0.171. The third-order valence-corrected chi connectivity index (χ3v) is 2.18. The van der Waals surface area contributed by atoms with Crippen LogP contribution < -0.4 is 5.73 Å². The first kappa shape index (κ1) is 10.5. The minimum atomic E-state index is 0.0819. The van der Waals surface area contributed by atoms with Crippen molar-refractivity contribution in [2.24, 2.45) is 11.7 Å². The second-order valence-corrected chi connectivity index (χ2v) is 3.76. The van der Waals surface area contributed by atoms with Crippen LogP contribution in [0, 0.1) is 5.92 Å². The first-order valence-electron chi connectivity index (χ1n) is 4.73. The fraction of sp³-hybridized carbons (Fsp3) is 0.889. The van der Waals surface area contributed by atoms with Crippen LogP contribution >= 0.6 is 0 Å². The molecule has 0 spiro atoms. The molecule has 1 saturated heterocycles. The van der Waals surface area contributed by atoms with Crippen LogP contribution in [-0.4, -0.2) is 43.2 Å². The van der Waals surface area contributed by atoms with Crippen molar-refractivity contribution in [1.82, 2.24) is 4.90 Å². The molecule has 4 heteroatoms. The summed E-state index contributed by atoms with van der Waals surface area (Å²) in [7, 11) is 0. The lowest BCUT2D eigenvalue weighted by Crippen LogP contribution is -2.53. The molecule has 0 bridgehead atoms. The topological polar surface area (TPSA) is 55.6 Å². The Morgan fingerprint density at radius 1 is 1.62 bits per heavy atom. The van der Waals surface area contributed by atoms with Crippen LogP contribution in [0.25, 0.3) is 0 Å². The van der Waals surface area contributed by atoms with Gasteiger partial charge in [-0.2, -0.15) is 0 Å². The van der Waals surface area contributed by atoms with Crippen molar-refractivity contribution in [2.45, 2.75) is 20.0 Å². The predicted molar refractivity (Wildman–Crippen MR) is 50.2 cm³/mol. The lowest BCUT2D eigenvalue weighted by Gasteiger charge is -2.38. The van der Waals surface area contributed by atoms with Crippen molar-refractivity contribution in [2.75, 3.05) is 26.2 Å². The number of amides is 1. The number of ether oxygens (including phenoxy) is 1. The van der Waals surface area contributed by atoms with Crippen LogP contribution in [0.2, 0.25) is 0 Å². The Kier molecular flexibility index (Phi) is 3.69. The first-order valence-corrected chi connectivity index (χ1v) is 4.73. The second-order valence-electron chi connectivity index (χ2n) is 3.76. The van der Waals surface area contributed by atoms with Crippen molar-refractivity contribution in [1.29, 1.82) is 0 Å². The van der Waals surface area contributed by atoms with Gasteiger partial charge in [-0.1, -0.05) is 0 Å². The third kappa shape index (κ3) is 2.97. The fourth-order valence-electron chi connectivity index (χ4n) is 1.25. The van der Waals surface area contributed by atoms with Gasteiger partial charge in [-0.25, -0.2) is 0 Å². The van der Waals surface area contributed by atoms with Crippen molar-refractivity contribution in [3.05, 3.63) is 0 Å². The SMILES string of the molecule is CC(C)OCC(=O)N1CC(CN)C1. The fourth-order valence-corrected chi connectivity index (χ4v) is 1.25. The number of carbonyl (C=O) groups is 1. The van der Waals surface area contributed by atoms with Gasteiger partial charge in [0.25, 0.3) is 0 Å². The number of rotatable bonds is 4. The van der Waals surface area contributed by atoms with Gasteiger partial charge in [0.2, 0.25) is 5.91 Å². The highest BCUT2D eigenvalue weighted by Gasteiger charge is 2.29. The van der Waals surface area contributed by atoms with E-state index in [0.29, 0.717) is 12.5 Å². The molecular formula is C9H18N2O2. The molecule has 0 aromatic heterocycles. The zero-order valence-electron chi connectivity index (χ0n) is 8.32. The minimum absolute atomic E-state index is 0.0819. The number of carbonyl (C=O) groups excluding carboxylic acids is 1. The van der Waals surface area contributed by atoms with Crippen LogP contribution in [0.5, 0.6) is 0 Å². The summed E-state index contributed by atoms with van der Waals surface area (Å²) >= 11 is 0. The molecule has 1 aliphatic heterocycles. The molecule has 0 saturated carbocycles. The van der Waals surface area contributed by atoms with Gasteiger partial charge in [0.05, 0.1) is 6.10 Å². The second kappa shape index (κ2) is 4.58. The van der Waals surface area contributed by atoms with Gasteiger partial charge in [-0.3, -0.25) is 4.79 Å². The quantitative estimate of drug-likeness (QED) is 0.663. The first-order chi connectivity index (χ1) is 6.13. The zero-order chi connectivity index (χ0) is 9.84. The van der Waals surface area contributed by atoms with Crippen molar-refractivity contribution in [3.8, 4) is 0 Å². The van der Waals surface area contributed by atoms with Gasteiger partial charge in [0.15, 0.2) is 0 Å². The van der Waals surface area contributed by atoms with E-state index < -0.39 is 0 Å². The minimum Gasteiger partial charge on any atom is -0.369 e. The molecule has 0 aliphatic carbocycles. The average molecular weight is 186 g/mol. The van der Waals surface area contributed by atoms with E-state index in [-0.39, 0.29) is 18.6 Å². The molecule has 1 amide bonds. The monoisotopic (exact) mass is 186 g/mol. The van der Waals surface area contributed by atoms with Gasteiger partial charge < -0.3 is 15.4 Å². The van der Waals surface area contributed by atoms with Gasteiger partial charge in [0.1, 0.15) is 6.61 Å². The Hall–Kier alpha value is -0.610. The van der Waals surface area contributed by atoms with E-state index in [1.807, 2.05) is 13.8 Å². The van der Waals surface area contributed by atoms with E-state index >= 15 is 0 Å². The Morgan fingerprint density at radius 3 is 2.69 bits per heavy atom. The summed E-state index contributed by atoms with van der Waals surface area (Å²) in [5.41, 5.74) is 5.45. The molecule has 0 aromatic carbocycles. The van der Waals surface area contributed by atoms with Gasteiger partial charge >= 0.3 is 0 Å². The molecule has 0 unspecified atom stereocenters. The summed E-state index contributed by atoms with van der Waals surface area (Å²) in [5.74, 6) is 0.585. The van der Waals surface area contributed by atoms with Gasteiger partial charge in [-0.05, 0) is 20.4 Å². The zero-order valence-corrected chi connectivity index (χ0v) is 8.32. The Bertz CT molecular complexity index is 176. The molecule has 76 valence electrons. The Morgan fingerprint density at radius 2 is 2.23 bits per heavy atom. The molecule has 1 aliphatic rings. The average Bonchev–Trinajstić information content (AvgIpc) is 1.99. The number of nitrogens with two attached hydrogens (primary N) is 1. The van der Waals surface area contributed by atoms with E-state index in [2.05, 4.69) is 0 Å². The molecule has 13 heavy (non-hydrogen) atoms. The van der Waals surface area contributed by atoms with Crippen LogP contribution in [0.4, 0.5) is 0 Å². The van der Waals surface area contributed by atoms with Crippen molar-refractivity contribution in [3.63, 3.8) is 0 Å². The molecule has 1 heterocycles. The number of hydrogen-bond acceptors (Lipinski definition) is 3. The smallest absolute Gasteiger partial charge is 0.248 e. The Balaban J connectivity index is 2.12. The largest absolute Gasteiger partial charge is 0.369 e. The molecule has 0 aromatic rings. The van der Waals surface area contributed by atoms with E-state index in [1.165, 1.54) is 0 Å². The lowest BCUT2D eigenvalue weighted by atomic mass is 10.0. The molecule has 4 nitrogen and oxygen atoms in total. The highest BCUT2D eigenvalue weighted by Crippen LogP contribution is 2.13. The van der Waals surface area contributed by atoms with Crippen molar-refractivity contribution < 1.29 is 9.53 Å². The van der Waals surface area contributed by atoms with E-state index in [1.54, 1.807) is 4.90 Å². The highest BCUT2D eigenvalue weighted by atomic mass is 16.5. The summed E-state index contributed by atoms with van der Waals surface area (Å²) in [6, 6.07) is 0. The number of nitrogens with zero attached hydrogens (tertiary/aromatic N) is 1. The number of hydrogen-bond donors (Lipinski definition) is 1. The molecular weight excluding hydrogens is 168 g/mol. The Labute approximate surface area is 79.0 Å². The standard InChI is InChI=1S/C9H18N2O2/c1-7(2)13-6-9(12)11-4-8(3-10)5-11/h7-8H,3-6,10H2,1-2H3. The summed E-state index contributed by atoms with van der Waals surface area (Å²) in [5, 5.41) is 0. The van der Waals surface area contributed by atoms with Gasteiger partial charge in [-0.15, -0.1) is 0 Å². The number of likely N-dealkylation sites (tertiary alicyclic amines) is 1. The maximum absolute atomic E-state index is 11.4. The van der Waals surface area contributed by atoms with E-state index in [4.69, 9.17) is 10.5 Å². The molecule has 1 fully saturated rings. The maximum atomic E-state index is 11.4. The highest BCUT2D eigenvalue weighted by molar-refractivity contribution is 5.78. The normalized spacial score (nSPS) is 17.7. The lowest BCUT2D eigenvalue weighted by molar-refractivity contribution is -0.143. The van der Waals surface area contributed by atoms with Crippen LogP contribution in [0.3, 0.4) is 0 Å². The van der Waals surface area contributed by atoms with Gasteiger partial charge in [0, 0.05) is 19.0 Å². The summed E-state index contributed by atoms with van der Waals surface area (Å²) < 4.78 is 5.21. The summed E-state index contributed by atoms with van der Waals surface area (Å²) in [6.07, 6.45) is 0.121. The van der Waals surface area contributed by atoms with Crippen LogP contribution in [0.15, 0.2) is 0 Å². The summed E-state index contributed by atoms with van der Waals surface area (Å²) in [4.78, 5) is 13.1. The summed E-state index contributed by atoms with van der Waals surface area (Å²) in [6.45, 7) is 6.33. The van der Waals surface area contributed by atoms with E-state index in [9.17, 15) is 4.79 Å².